The second-order valence-electron chi connectivity index (χ2n) is 6.23. The van der Waals surface area contributed by atoms with E-state index in [0.717, 1.165) is 12.8 Å². The fourth-order valence-corrected chi connectivity index (χ4v) is 3.16. The first-order valence-corrected chi connectivity index (χ1v) is 9.98. The molecule has 4 rings (SSSR count). The summed E-state index contributed by atoms with van der Waals surface area (Å²) in [6.45, 7) is 8.64. The molecule has 2 aliphatic carbocycles. The van der Waals surface area contributed by atoms with E-state index in [2.05, 4.69) is 80.5 Å². The van der Waals surface area contributed by atoms with Crippen LogP contribution in [-0.2, 0) is 37.1 Å². The van der Waals surface area contributed by atoms with Crippen molar-refractivity contribution in [2.75, 3.05) is 0 Å². The molecule has 136 valence electrons. The molecule has 0 fully saturated rings. The number of fused-ring (bicyclic) bond motifs is 2. The molecule has 0 N–H and O–H groups in total. The molecule has 0 heterocycles. The summed E-state index contributed by atoms with van der Waals surface area (Å²) in [4.78, 5) is 0. The van der Waals surface area contributed by atoms with Gasteiger partial charge in [0.15, 0.2) is 0 Å². The maximum atomic E-state index is 3.34. The van der Waals surface area contributed by atoms with E-state index in [0.29, 0.717) is 0 Å². The average Bonchev–Trinajstić information content (AvgIpc) is 3.27. The molecule has 0 atom stereocenters. The monoisotopic (exact) mass is 460 g/mol. The Hall–Kier alpha value is -0.747. The number of hydrogen-bond donors (Lipinski definition) is 0. The summed E-state index contributed by atoms with van der Waals surface area (Å²) in [5.41, 5.74) is 11.2. The Bertz CT molecular complexity index is 737. The van der Waals surface area contributed by atoms with Crippen LogP contribution in [0.3, 0.4) is 0 Å². The van der Waals surface area contributed by atoms with Crippen molar-refractivity contribution in [1.82, 2.24) is 0 Å². The van der Waals surface area contributed by atoms with E-state index in [1.165, 1.54) is 68.7 Å². The normalized spacial score (nSPS) is 11.8. The van der Waals surface area contributed by atoms with Crippen LogP contribution in [0.1, 0.15) is 44.5 Å². The van der Waals surface area contributed by atoms with Crippen molar-refractivity contribution < 1.29 is 49.0 Å². The predicted molar refractivity (Wildman–Crippen MR) is 102 cm³/mol. The molecule has 0 unspecified atom stereocenters. The van der Waals surface area contributed by atoms with E-state index in [-0.39, 0.29) is 24.8 Å². The number of halogens is 2. The Morgan fingerprint density at radius 2 is 0.962 bits per heavy atom. The smallest absolute Gasteiger partial charge is 1.00 e. The summed E-state index contributed by atoms with van der Waals surface area (Å²) in [7, 11) is 0. The van der Waals surface area contributed by atoms with Crippen LogP contribution in [0.5, 0.6) is 0 Å². The summed E-state index contributed by atoms with van der Waals surface area (Å²) < 4.78 is 3.34. The Morgan fingerprint density at radius 3 is 1.27 bits per heavy atom. The van der Waals surface area contributed by atoms with Gasteiger partial charge in [0.1, 0.15) is 0 Å². The second-order valence-corrected chi connectivity index (χ2v) is 6.23. The van der Waals surface area contributed by atoms with Gasteiger partial charge < -0.3 is 24.8 Å². The van der Waals surface area contributed by atoms with Crippen LogP contribution in [0.4, 0.5) is 0 Å². The van der Waals surface area contributed by atoms with Gasteiger partial charge in [0, 0.05) is 0 Å². The minimum Gasteiger partial charge on any atom is -1.00 e. The predicted octanol–water partition coefficient (Wildman–Crippen LogP) is -0.675. The number of aryl methyl sites for hydroxylation is 4. The molecule has 0 saturated carbocycles. The average molecular weight is 463 g/mol. The van der Waals surface area contributed by atoms with Gasteiger partial charge in [-0.1, -0.05) is 49.2 Å². The molecule has 0 bridgehead atoms. The van der Waals surface area contributed by atoms with E-state index in [1.807, 2.05) is 0 Å². The maximum Gasteiger partial charge on any atom is -1.00 e. The summed E-state index contributed by atoms with van der Waals surface area (Å²) in [6, 6.07) is 8.74. The quantitative estimate of drug-likeness (QED) is 0.456. The standard InChI is InChI=1S/2C11H11.CH2.2ClH.Zr/c2*1-8-6-7-9(2)11-5-3-4-10(8)11;;;;/h2*4,6-7H,5H2,1-2H3;1H2;2*1H;/q2*-1;;;;+2/p-2. The zero-order valence-corrected chi connectivity index (χ0v) is 19.8. The minimum atomic E-state index is 0. The van der Waals surface area contributed by atoms with Gasteiger partial charge in [0.05, 0.1) is 0 Å². The molecular formula is C23H24Cl2Zr-2. The topological polar surface area (TPSA) is 0 Å². The molecule has 3 heteroatoms. The van der Waals surface area contributed by atoms with Crippen molar-refractivity contribution >= 4 is 16.4 Å². The molecule has 2 aromatic rings. The van der Waals surface area contributed by atoms with Crippen molar-refractivity contribution in [2.45, 2.75) is 40.5 Å². The summed E-state index contributed by atoms with van der Waals surface area (Å²) in [5, 5.41) is 0. The maximum absolute atomic E-state index is 3.34. The molecule has 0 radical (unpaired) electrons. The third kappa shape index (κ3) is 5.62. The van der Waals surface area contributed by atoms with Crippen LogP contribution in [0.15, 0.2) is 24.3 Å². The number of benzene rings is 2. The number of allylic oxidation sites excluding steroid dienone is 2. The first-order valence-electron chi connectivity index (χ1n) is 8.24. The minimum absolute atomic E-state index is 0. The number of hydrogen-bond acceptors (Lipinski definition) is 0. The van der Waals surface area contributed by atoms with Crippen LogP contribution in [0.25, 0.3) is 12.2 Å². The van der Waals surface area contributed by atoms with Gasteiger partial charge in [0.2, 0.25) is 0 Å². The van der Waals surface area contributed by atoms with Gasteiger partial charge in [-0.15, -0.1) is 35.1 Å². The van der Waals surface area contributed by atoms with Crippen LogP contribution in [0.2, 0.25) is 0 Å². The van der Waals surface area contributed by atoms with Gasteiger partial charge >= 0.3 is 28.4 Å². The molecule has 26 heavy (non-hydrogen) atoms. The zero-order chi connectivity index (χ0) is 17.7. The van der Waals surface area contributed by atoms with Gasteiger partial charge in [-0.2, -0.15) is 11.1 Å². The summed E-state index contributed by atoms with van der Waals surface area (Å²) >= 11 is 1.30. The van der Waals surface area contributed by atoms with E-state index in [4.69, 9.17) is 0 Å². The van der Waals surface area contributed by atoms with Crippen molar-refractivity contribution in [3.05, 3.63) is 80.9 Å². The van der Waals surface area contributed by atoms with Crippen LogP contribution < -0.4 is 24.8 Å². The van der Waals surface area contributed by atoms with Crippen LogP contribution in [-0.4, -0.2) is 4.21 Å². The van der Waals surface area contributed by atoms with Crippen molar-refractivity contribution in [3.63, 3.8) is 0 Å². The van der Waals surface area contributed by atoms with Crippen molar-refractivity contribution in [1.29, 1.82) is 0 Å². The molecule has 2 aromatic carbocycles. The third-order valence-corrected chi connectivity index (χ3v) is 4.67. The Morgan fingerprint density at radius 1 is 0.654 bits per heavy atom. The van der Waals surface area contributed by atoms with Gasteiger partial charge in [-0.25, -0.2) is 12.2 Å². The largest absolute Gasteiger partial charge is 1.00 e. The van der Waals surface area contributed by atoms with E-state index in [1.54, 1.807) is 0 Å². The molecule has 0 aromatic heterocycles. The van der Waals surface area contributed by atoms with E-state index < -0.39 is 0 Å². The zero-order valence-electron chi connectivity index (χ0n) is 15.8. The molecule has 2 aliphatic rings. The second kappa shape index (κ2) is 11.9. The van der Waals surface area contributed by atoms with E-state index in [9.17, 15) is 0 Å². The Kier molecular flexibility index (Phi) is 11.5. The van der Waals surface area contributed by atoms with Crippen molar-refractivity contribution in [3.8, 4) is 0 Å². The fourth-order valence-electron chi connectivity index (χ4n) is 3.16. The Labute approximate surface area is 185 Å². The SMILES string of the molecule is Cc1ccc(C)c2c1C=[C-]C2.Cc1ccc(C)c2c1C=[C-]C2.[CH2]=[Zr+2].[Cl-].[Cl-]. The molecule has 0 aliphatic heterocycles. The molecular weight excluding hydrogens is 438 g/mol. The van der Waals surface area contributed by atoms with Crippen LogP contribution in [0, 0.1) is 39.8 Å². The summed E-state index contributed by atoms with van der Waals surface area (Å²) in [6.07, 6.45) is 12.7. The molecule has 0 nitrogen and oxygen atoms in total. The molecule has 0 saturated heterocycles. The number of rotatable bonds is 0. The fraction of sp³-hybridized carbons (Fsp3) is 0.261. The van der Waals surface area contributed by atoms with Gasteiger partial charge in [-0.05, 0) is 13.8 Å². The first kappa shape index (κ1) is 25.3. The molecule has 0 spiro atoms. The van der Waals surface area contributed by atoms with E-state index >= 15 is 0 Å². The van der Waals surface area contributed by atoms with Crippen LogP contribution >= 0.6 is 0 Å². The summed E-state index contributed by atoms with van der Waals surface area (Å²) in [5.74, 6) is 0. The Balaban J connectivity index is 0.000000410. The first-order chi connectivity index (χ1) is 11.6. The van der Waals surface area contributed by atoms with Gasteiger partial charge in [-0.3, -0.25) is 12.2 Å². The third-order valence-electron chi connectivity index (χ3n) is 4.67. The van der Waals surface area contributed by atoms with Gasteiger partial charge in [0.25, 0.3) is 0 Å². The van der Waals surface area contributed by atoms with Crippen molar-refractivity contribution in [2.24, 2.45) is 0 Å². The molecule has 0 amide bonds.